The van der Waals surface area contributed by atoms with Gasteiger partial charge >= 0.3 is 0 Å². The monoisotopic (exact) mass is 386 g/mol. The van der Waals surface area contributed by atoms with Crippen molar-refractivity contribution in [2.45, 2.75) is 37.1 Å². The lowest BCUT2D eigenvalue weighted by Crippen LogP contribution is -2.19. The summed E-state index contributed by atoms with van der Waals surface area (Å²) in [6.07, 6.45) is 0. The molecule has 140 valence electrons. The predicted octanol–water partition coefficient (Wildman–Crippen LogP) is 3.14. The molecule has 4 rings (SSSR count). The minimum Gasteiger partial charge on any atom is -0.454 e. The van der Waals surface area contributed by atoms with Gasteiger partial charge in [0.25, 0.3) is 5.56 Å². The molecule has 1 aromatic carbocycles. The summed E-state index contributed by atoms with van der Waals surface area (Å²) in [5.41, 5.74) is 1.13. The van der Waals surface area contributed by atoms with E-state index in [1.54, 1.807) is 0 Å². The van der Waals surface area contributed by atoms with E-state index < -0.39 is 0 Å². The van der Waals surface area contributed by atoms with E-state index in [4.69, 9.17) is 14.0 Å². The number of nitrogens with zero attached hydrogens (tertiary/aromatic N) is 3. The van der Waals surface area contributed by atoms with Crippen molar-refractivity contribution in [3.63, 3.8) is 0 Å². The Morgan fingerprint density at radius 2 is 1.96 bits per heavy atom. The molecule has 3 aromatic rings. The molecule has 0 amide bonds. The van der Waals surface area contributed by atoms with Crippen LogP contribution in [-0.2, 0) is 11.2 Å². The van der Waals surface area contributed by atoms with Gasteiger partial charge in [-0.2, -0.15) is 4.98 Å². The van der Waals surface area contributed by atoms with Crippen molar-refractivity contribution in [1.29, 1.82) is 0 Å². The van der Waals surface area contributed by atoms with Gasteiger partial charge in [0.2, 0.25) is 18.5 Å². The van der Waals surface area contributed by atoms with Crippen LogP contribution in [0.3, 0.4) is 0 Å². The highest BCUT2D eigenvalue weighted by molar-refractivity contribution is 7.98. The van der Waals surface area contributed by atoms with E-state index in [0.717, 1.165) is 11.3 Å². The zero-order valence-corrected chi connectivity index (χ0v) is 15.9. The van der Waals surface area contributed by atoms with Gasteiger partial charge in [0.15, 0.2) is 16.7 Å². The van der Waals surface area contributed by atoms with Crippen LogP contribution in [0.2, 0.25) is 0 Å². The molecule has 0 bridgehead atoms. The largest absolute Gasteiger partial charge is 0.454 e. The Morgan fingerprint density at radius 1 is 1.15 bits per heavy atom. The lowest BCUT2D eigenvalue weighted by molar-refractivity contribution is 0.174. The second-order valence-corrected chi connectivity index (χ2v) is 8.02. The number of nitrogens with one attached hydrogen (secondary N) is 1. The average Bonchev–Trinajstić information content (AvgIpc) is 3.27. The van der Waals surface area contributed by atoms with Crippen LogP contribution in [-0.4, -0.2) is 26.9 Å². The van der Waals surface area contributed by atoms with Crippen molar-refractivity contribution in [3.05, 3.63) is 46.2 Å². The Balaban J connectivity index is 1.49. The van der Waals surface area contributed by atoms with Gasteiger partial charge in [-0.25, -0.2) is 4.98 Å². The fraction of sp³-hybridized carbons (Fsp3) is 0.333. The first kappa shape index (κ1) is 17.6. The lowest BCUT2D eigenvalue weighted by atomic mass is 9.92. The summed E-state index contributed by atoms with van der Waals surface area (Å²) >= 11 is 1.34. The van der Waals surface area contributed by atoms with Gasteiger partial charge in [-0.3, -0.25) is 4.79 Å². The maximum atomic E-state index is 11.9. The molecule has 0 radical (unpaired) electrons. The molecule has 0 atom stereocenters. The second-order valence-electron chi connectivity index (χ2n) is 7.05. The SMILES string of the molecule is CC(C)(C)c1cc(=O)[nH]c(SCc2nc(-c3ccc4c(c3)OCO4)no2)n1. The average molecular weight is 386 g/mol. The van der Waals surface area contributed by atoms with E-state index in [1.807, 2.05) is 39.0 Å². The smallest absolute Gasteiger partial charge is 0.251 e. The number of aromatic amines is 1. The number of ether oxygens (including phenoxy) is 2. The van der Waals surface area contributed by atoms with Crippen molar-refractivity contribution in [2.24, 2.45) is 0 Å². The molecule has 8 nitrogen and oxygen atoms in total. The molecule has 1 aliphatic rings. The molecule has 27 heavy (non-hydrogen) atoms. The lowest BCUT2D eigenvalue weighted by Gasteiger charge is -2.17. The normalized spacial score (nSPS) is 13.1. The highest BCUT2D eigenvalue weighted by atomic mass is 32.2. The van der Waals surface area contributed by atoms with Crippen LogP contribution in [0.25, 0.3) is 11.4 Å². The van der Waals surface area contributed by atoms with Crippen molar-refractivity contribution >= 4 is 11.8 Å². The minimum atomic E-state index is -0.208. The summed E-state index contributed by atoms with van der Waals surface area (Å²) < 4.78 is 16.0. The Labute approximate surface area is 159 Å². The molecule has 0 saturated heterocycles. The maximum Gasteiger partial charge on any atom is 0.251 e. The number of thioether (sulfide) groups is 1. The number of rotatable bonds is 4. The van der Waals surface area contributed by atoms with Crippen LogP contribution in [0, 0.1) is 0 Å². The summed E-state index contributed by atoms with van der Waals surface area (Å²) in [5.74, 6) is 2.67. The van der Waals surface area contributed by atoms with Gasteiger partial charge in [-0.05, 0) is 18.2 Å². The maximum absolute atomic E-state index is 11.9. The number of hydrogen-bond donors (Lipinski definition) is 1. The van der Waals surface area contributed by atoms with E-state index >= 15 is 0 Å². The standard InChI is InChI=1S/C18H18N4O4S/c1-18(2,3)13-7-14(23)20-17(19-13)27-8-15-21-16(22-26-15)10-4-5-11-12(6-10)25-9-24-11/h4-7H,8-9H2,1-3H3,(H,19,20,23). The van der Waals surface area contributed by atoms with Gasteiger partial charge in [-0.15, -0.1) is 0 Å². The summed E-state index contributed by atoms with van der Waals surface area (Å²) in [4.78, 5) is 23.5. The highest BCUT2D eigenvalue weighted by Gasteiger charge is 2.19. The van der Waals surface area contributed by atoms with Crippen LogP contribution in [0.1, 0.15) is 32.4 Å². The number of hydrogen-bond acceptors (Lipinski definition) is 8. The van der Waals surface area contributed by atoms with Gasteiger partial charge in [0, 0.05) is 17.0 Å². The molecule has 0 fully saturated rings. The molecule has 1 N–H and O–H groups in total. The number of fused-ring (bicyclic) bond motifs is 1. The van der Waals surface area contributed by atoms with Crippen LogP contribution in [0.5, 0.6) is 11.5 Å². The Morgan fingerprint density at radius 3 is 2.78 bits per heavy atom. The van der Waals surface area contributed by atoms with Crippen molar-refractivity contribution in [2.75, 3.05) is 6.79 Å². The summed E-state index contributed by atoms with van der Waals surface area (Å²) in [6.45, 7) is 6.25. The summed E-state index contributed by atoms with van der Waals surface area (Å²) in [5, 5.41) is 4.53. The van der Waals surface area contributed by atoms with Gasteiger partial charge < -0.3 is 19.0 Å². The van der Waals surface area contributed by atoms with Crippen LogP contribution >= 0.6 is 11.8 Å². The van der Waals surface area contributed by atoms with E-state index in [-0.39, 0.29) is 17.8 Å². The third-order valence-corrected chi connectivity index (χ3v) is 4.78. The molecule has 1 aliphatic heterocycles. The zero-order chi connectivity index (χ0) is 19.0. The highest BCUT2D eigenvalue weighted by Crippen LogP contribution is 2.35. The number of benzene rings is 1. The Kier molecular flexibility index (Phi) is 4.39. The zero-order valence-electron chi connectivity index (χ0n) is 15.1. The summed E-state index contributed by atoms with van der Waals surface area (Å²) in [6, 6.07) is 7.00. The van der Waals surface area contributed by atoms with Crippen molar-refractivity contribution in [1.82, 2.24) is 20.1 Å². The number of H-pyrrole nitrogens is 1. The van der Waals surface area contributed by atoms with E-state index in [0.29, 0.717) is 34.1 Å². The van der Waals surface area contributed by atoms with Crippen molar-refractivity contribution in [3.8, 4) is 22.9 Å². The number of aromatic nitrogens is 4. The Bertz CT molecular complexity index is 1040. The van der Waals surface area contributed by atoms with Crippen LogP contribution in [0.15, 0.2) is 38.7 Å². The molecule has 2 aromatic heterocycles. The van der Waals surface area contributed by atoms with Gasteiger partial charge in [-0.1, -0.05) is 37.7 Å². The minimum absolute atomic E-state index is 0.177. The molecule has 3 heterocycles. The molecule has 0 saturated carbocycles. The quantitative estimate of drug-likeness (QED) is 0.539. The van der Waals surface area contributed by atoms with Gasteiger partial charge in [0.1, 0.15) is 0 Å². The fourth-order valence-electron chi connectivity index (χ4n) is 2.48. The third-order valence-electron chi connectivity index (χ3n) is 3.92. The molecule has 0 spiro atoms. The Hall–Kier alpha value is -2.81. The fourth-order valence-corrected chi connectivity index (χ4v) is 3.20. The first-order valence-electron chi connectivity index (χ1n) is 8.36. The van der Waals surface area contributed by atoms with Crippen molar-refractivity contribution < 1.29 is 14.0 Å². The van der Waals surface area contributed by atoms with E-state index in [1.165, 1.54) is 17.8 Å². The topological polar surface area (TPSA) is 103 Å². The first-order valence-corrected chi connectivity index (χ1v) is 9.34. The molecular formula is C18H18N4O4S. The molecule has 0 aliphatic carbocycles. The molecule has 0 unspecified atom stereocenters. The third kappa shape index (κ3) is 3.82. The predicted molar refractivity (Wildman–Crippen MR) is 99.0 cm³/mol. The van der Waals surface area contributed by atoms with Crippen LogP contribution < -0.4 is 15.0 Å². The van der Waals surface area contributed by atoms with E-state index in [2.05, 4.69) is 20.1 Å². The second kappa shape index (κ2) is 6.73. The van der Waals surface area contributed by atoms with Gasteiger partial charge in [0.05, 0.1) is 11.4 Å². The van der Waals surface area contributed by atoms with Crippen LogP contribution in [0.4, 0.5) is 0 Å². The summed E-state index contributed by atoms with van der Waals surface area (Å²) in [7, 11) is 0. The molecular weight excluding hydrogens is 368 g/mol. The molecule has 9 heteroatoms. The first-order chi connectivity index (χ1) is 12.9. The van der Waals surface area contributed by atoms with E-state index in [9.17, 15) is 4.79 Å².